The first-order valence-corrected chi connectivity index (χ1v) is 12.1. The Morgan fingerprint density at radius 3 is 2.03 bits per heavy atom. The Labute approximate surface area is 205 Å². The van der Waals surface area contributed by atoms with Crippen molar-refractivity contribution in [3.63, 3.8) is 0 Å². The van der Waals surface area contributed by atoms with Crippen LogP contribution in [0.3, 0.4) is 0 Å². The van der Waals surface area contributed by atoms with Crippen LogP contribution in [0, 0.1) is 12.1 Å². The molecule has 5 aromatic carbocycles. The van der Waals surface area contributed by atoms with E-state index in [1.165, 1.54) is 32.7 Å². The smallest absolute Gasteiger partial charge is 0.142 e. The topological polar surface area (TPSA) is 13.1 Å². The second kappa shape index (κ2) is 8.05. The van der Waals surface area contributed by atoms with Gasteiger partial charge in [0.25, 0.3) is 0 Å². The molecule has 7 rings (SSSR count). The maximum Gasteiger partial charge on any atom is 0.142 e. The summed E-state index contributed by atoms with van der Waals surface area (Å²) in [5, 5.41) is 4.88. The van der Waals surface area contributed by atoms with E-state index in [0.717, 1.165) is 46.6 Å². The van der Waals surface area contributed by atoms with Gasteiger partial charge in [-0.25, -0.2) is 0 Å². The number of fused-ring (bicyclic) bond motifs is 4. The summed E-state index contributed by atoms with van der Waals surface area (Å²) in [6.45, 7) is 0. The molecule has 1 aliphatic rings. The third-order valence-electron chi connectivity index (χ3n) is 7.01. The lowest BCUT2D eigenvalue weighted by molar-refractivity contribution is 0.595. The van der Waals surface area contributed by atoms with Gasteiger partial charge in [-0.1, -0.05) is 109 Å². The van der Waals surface area contributed by atoms with E-state index in [9.17, 15) is 0 Å². The number of benzene rings is 4. The Bertz CT molecular complexity index is 1720. The van der Waals surface area contributed by atoms with E-state index in [1.807, 2.05) is 18.2 Å². The number of furan rings is 1. The normalized spacial score (nSPS) is 12.6. The van der Waals surface area contributed by atoms with Crippen LogP contribution >= 0.6 is 0 Å². The van der Waals surface area contributed by atoms with E-state index in [1.54, 1.807) is 0 Å². The minimum Gasteiger partial charge on any atom is -0.455 e. The maximum absolute atomic E-state index is 6.88. The molecular formula is C34H22O. The van der Waals surface area contributed by atoms with E-state index in [-0.39, 0.29) is 0 Å². The molecule has 0 aliphatic heterocycles. The lowest BCUT2D eigenvalue weighted by atomic mass is 9.85. The van der Waals surface area contributed by atoms with E-state index in [2.05, 4.69) is 103 Å². The van der Waals surface area contributed by atoms with Gasteiger partial charge in [-0.2, -0.15) is 0 Å². The Morgan fingerprint density at radius 2 is 1.31 bits per heavy atom. The van der Waals surface area contributed by atoms with Gasteiger partial charge in [0.05, 0.1) is 0 Å². The SMILES string of the molecule is c1cccc(-c2c(-c3oc(-c4ccccc4)c4c3CCC=C4)c3ccccc3c3ccccc23)c#1. The summed E-state index contributed by atoms with van der Waals surface area (Å²) >= 11 is 0. The standard InChI is InChI=1S/C34H22O/c1-3-13-23(14-4-1)31-27-19-9-7-17-25(27)26-18-8-10-20-28(26)32(31)34-30-22-12-11-21-29(30)33(35-34)24-15-5-2-6-16-24/h1-3,5-11,13,15-21H,12,22H2. The fourth-order valence-corrected chi connectivity index (χ4v) is 5.49. The molecular weight excluding hydrogens is 424 g/mol. The van der Waals surface area contributed by atoms with Crippen molar-refractivity contribution in [2.45, 2.75) is 12.8 Å². The molecule has 0 amide bonds. The molecule has 164 valence electrons. The molecule has 0 fully saturated rings. The van der Waals surface area contributed by atoms with Gasteiger partial charge in [-0.05, 0) is 46.5 Å². The molecule has 0 spiro atoms. The summed E-state index contributed by atoms with van der Waals surface area (Å²) in [5.41, 5.74) is 6.91. The van der Waals surface area contributed by atoms with Crippen LogP contribution in [0.4, 0.5) is 0 Å². The van der Waals surface area contributed by atoms with Gasteiger partial charge in [-0.15, -0.1) is 0 Å². The first kappa shape index (κ1) is 19.9. The highest BCUT2D eigenvalue weighted by Crippen LogP contribution is 2.48. The van der Waals surface area contributed by atoms with E-state index in [4.69, 9.17) is 4.42 Å². The highest BCUT2D eigenvalue weighted by Gasteiger charge is 2.27. The zero-order chi connectivity index (χ0) is 23.2. The summed E-state index contributed by atoms with van der Waals surface area (Å²) in [4.78, 5) is 0. The quantitative estimate of drug-likeness (QED) is 0.247. The minimum atomic E-state index is 0.943. The number of allylic oxidation sites excluding steroid dienone is 1. The van der Waals surface area contributed by atoms with Crippen LogP contribution in [0.5, 0.6) is 0 Å². The summed E-state index contributed by atoms with van der Waals surface area (Å²) in [5.74, 6) is 1.91. The highest BCUT2D eigenvalue weighted by molar-refractivity contribution is 6.21. The predicted molar refractivity (Wildman–Crippen MR) is 145 cm³/mol. The van der Waals surface area contributed by atoms with E-state index < -0.39 is 0 Å². The van der Waals surface area contributed by atoms with Crippen molar-refractivity contribution in [3.05, 3.63) is 126 Å². The molecule has 0 saturated carbocycles. The largest absolute Gasteiger partial charge is 0.455 e. The van der Waals surface area contributed by atoms with Crippen LogP contribution in [0.15, 0.2) is 108 Å². The lowest BCUT2D eigenvalue weighted by Gasteiger charge is -2.17. The second-order valence-corrected chi connectivity index (χ2v) is 9.01. The lowest BCUT2D eigenvalue weighted by Crippen LogP contribution is -1.96. The van der Waals surface area contributed by atoms with Crippen molar-refractivity contribution in [3.8, 4) is 33.8 Å². The van der Waals surface area contributed by atoms with Crippen molar-refractivity contribution in [1.29, 1.82) is 0 Å². The number of rotatable bonds is 3. The van der Waals surface area contributed by atoms with Crippen LogP contribution in [0.25, 0.3) is 61.4 Å². The summed E-state index contributed by atoms with van der Waals surface area (Å²) < 4.78 is 6.88. The van der Waals surface area contributed by atoms with Crippen molar-refractivity contribution in [2.75, 3.05) is 0 Å². The van der Waals surface area contributed by atoms with E-state index >= 15 is 0 Å². The van der Waals surface area contributed by atoms with Gasteiger partial charge in [0.15, 0.2) is 0 Å². The van der Waals surface area contributed by atoms with Gasteiger partial charge in [0.2, 0.25) is 0 Å². The molecule has 1 heterocycles. The van der Waals surface area contributed by atoms with E-state index in [0.29, 0.717) is 0 Å². The van der Waals surface area contributed by atoms with Crippen LogP contribution in [0.2, 0.25) is 0 Å². The van der Waals surface area contributed by atoms with Gasteiger partial charge in [0.1, 0.15) is 11.5 Å². The molecule has 0 atom stereocenters. The first-order chi connectivity index (χ1) is 17.4. The molecule has 0 bridgehead atoms. The van der Waals surface area contributed by atoms with Gasteiger partial charge in [-0.3, -0.25) is 0 Å². The molecule has 1 heteroatoms. The third-order valence-corrected chi connectivity index (χ3v) is 7.01. The van der Waals surface area contributed by atoms with Crippen LogP contribution in [-0.4, -0.2) is 0 Å². The molecule has 1 aliphatic carbocycles. The average molecular weight is 447 g/mol. The zero-order valence-corrected chi connectivity index (χ0v) is 19.2. The van der Waals surface area contributed by atoms with Gasteiger partial charge in [0, 0.05) is 33.4 Å². The fourth-order valence-electron chi connectivity index (χ4n) is 5.49. The monoisotopic (exact) mass is 446 g/mol. The predicted octanol–water partition coefficient (Wildman–Crippen LogP) is 9.15. The average Bonchev–Trinajstić information content (AvgIpc) is 3.33. The Kier molecular flexibility index (Phi) is 4.57. The van der Waals surface area contributed by atoms with Crippen LogP contribution < -0.4 is 0 Å². The molecule has 1 nitrogen and oxygen atoms in total. The van der Waals surface area contributed by atoms with Crippen LogP contribution in [-0.2, 0) is 6.42 Å². The molecule has 0 radical (unpaired) electrons. The Balaban J connectivity index is 1.66. The van der Waals surface area contributed by atoms with Crippen LogP contribution in [0.1, 0.15) is 17.5 Å². The molecule has 0 saturated heterocycles. The first-order valence-electron chi connectivity index (χ1n) is 12.1. The Hall–Kier alpha value is -4.54. The number of hydrogen-bond acceptors (Lipinski definition) is 1. The minimum absolute atomic E-state index is 0.943. The Morgan fingerprint density at radius 1 is 0.629 bits per heavy atom. The third kappa shape index (κ3) is 3.11. The summed E-state index contributed by atoms with van der Waals surface area (Å²) in [6.07, 6.45) is 6.47. The molecule has 6 aromatic rings. The van der Waals surface area contributed by atoms with Crippen molar-refractivity contribution in [1.82, 2.24) is 0 Å². The maximum atomic E-state index is 6.88. The summed E-state index contributed by atoms with van der Waals surface area (Å²) in [7, 11) is 0. The number of hydrogen-bond donors (Lipinski definition) is 0. The molecule has 35 heavy (non-hydrogen) atoms. The van der Waals surface area contributed by atoms with Crippen molar-refractivity contribution >= 4 is 27.6 Å². The zero-order valence-electron chi connectivity index (χ0n) is 19.2. The molecule has 0 N–H and O–H groups in total. The van der Waals surface area contributed by atoms with Crippen molar-refractivity contribution < 1.29 is 4.42 Å². The molecule has 1 aromatic heterocycles. The van der Waals surface area contributed by atoms with Gasteiger partial charge < -0.3 is 4.42 Å². The molecule has 0 unspecified atom stereocenters. The fraction of sp³-hybridized carbons (Fsp3) is 0.0588. The summed E-state index contributed by atoms with van der Waals surface area (Å²) in [6, 6.07) is 40.4. The second-order valence-electron chi connectivity index (χ2n) is 9.01. The van der Waals surface area contributed by atoms with Gasteiger partial charge >= 0.3 is 0 Å². The van der Waals surface area contributed by atoms with Crippen molar-refractivity contribution in [2.24, 2.45) is 0 Å². The highest BCUT2D eigenvalue weighted by atomic mass is 16.3.